The van der Waals surface area contributed by atoms with Gasteiger partial charge in [-0.1, -0.05) is 77.6 Å². The quantitative estimate of drug-likeness (QED) is 0.292. The zero-order chi connectivity index (χ0) is 14.8. The Morgan fingerprint density at radius 1 is 0.800 bits per heavy atom. The number of hydrogen-bond acceptors (Lipinski definition) is 2. The summed E-state index contributed by atoms with van der Waals surface area (Å²) < 4.78 is 0. The van der Waals surface area contributed by atoms with Crippen molar-refractivity contribution in [3.05, 3.63) is 0 Å². The molecule has 0 saturated carbocycles. The van der Waals surface area contributed by atoms with Gasteiger partial charge in [-0.25, -0.2) is 4.79 Å². The monoisotopic (exact) mass is 332 g/mol. The minimum atomic E-state index is -1.83. The molecule has 0 aromatic carbocycles. The molecule has 0 bridgehead atoms. The molecule has 0 heterocycles. The van der Waals surface area contributed by atoms with Crippen molar-refractivity contribution in [3.8, 4) is 0 Å². The number of carbonyl (C=O) groups is 1. The standard InChI is InChI=1S/C14H30S.CH2O3.K.H/c1-2-3-4-5-6-7-8-9-10-11-12-13-14-15;2-1(3)4;;/h15H,2-14H2,1H3;(H2,2,3,4);;/q;;+1;-1. The second kappa shape index (κ2) is 25.2. The summed E-state index contributed by atoms with van der Waals surface area (Å²) in [6.07, 6.45) is 15.3. The van der Waals surface area contributed by atoms with E-state index in [9.17, 15) is 0 Å². The summed E-state index contributed by atoms with van der Waals surface area (Å²) >= 11 is 4.22. The van der Waals surface area contributed by atoms with E-state index in [1.807, 2.05) is 0 Å². The first-order chi connectivity index (χ1) is 9.15. The van der Waals surface area contributed by atoms with Gasteiger partial charge in [0.1, 0.15) is 0 Å². The Kier molecular flexibility index (Phi) is 33.0. The fourth-order valence-corrected chi connectivity index (χ4v) is 2.18. The molecule has 0 rings (SSSR count). The van der Waals surface area contributed by atoms with Gasteiger partial charge in [-0.3, -0.25) is 0 Å². The summed E-state index contributed by atoms with van der Waals surface area (Å²) in [5.74, 6) is 1.07. The van der Waals surface area contributed by atoms with Crippen molar-refractivity contribution >= 4 is 18.8 Å². The number of rotatable bonds is 12. The van der Waals surface area contributed by atoms with E-state index in [0.717, 1.165) is 5.75 Å². The van der Waals surface area contributed by atoms with Gasteiger partial charge in [0.2, 0.25) is 0 Å². The fourth-order valence-electron chi connectivity index (χ4n) is 1.95. The largest absolute Gasteiger partial charge is 1.00 e. The third-order valence-corrected chi connectivity index (χ3v) is 3.33. The van der Waals surface area contributed by atoms with Crippen LogP contribution in [0, 0.1) is 0 Å². The second-order valence-corrected chi connectivity index (χ2v) is 5.34. The molecule has 0 aliphatic rings. The Morgan fingerprint density at radius 3 is 1.30 bits per heavy atom. The molecule has 0 spiro atoms. The van der Waals surface area contributed by atoms with Crippen LogP contribution in [0.4, 0.5) is 4.79 Å². The summed E-state index contributed by atoms with van der Waals surface area (Å²) in [5, 5.41) is 13.9. The van der Waals surface area contributed by atoms with E-state index >= 15 is 0 Å². The average Bonchev–Trinajstić information content (AvgIpc) is 2.35. The molecular weight excluding hydrogens is 299 g/mol. The first kappa shape index (κ1) is 26.2. The van der Waals surface area contributed by atoms with Crippen LogP contribution >= 0.6 is 12.6 Å². The maximum Gasteiger partial charge on any atom is 1.00 e. The van der Waals surface area contributed by atoms with Crippen LogP contribution < -0.4 is 51.4 Å². The Balaban J connectivity index is -0.000000213. The molecule has 0 aromatic heterocycles. The van der Waals surface area contributed by atoms with Crippen molar-refractivity contribution in [2.24, 2.45) is 0 Å². The molecule has 0 radical (unpaired) electrons. The van der Waals surface area contributed by atoms with Gasteiger partial charge < -0.3 is 11.6 Å². The van der Waals surface area contributed by atoms with Gasteiger partial charge in [0.05, 0.1) is 0 Å². The van der Waals surface area contributed by atoms with Crippen LogP contribution in [0.25, 0.3) is 0 Å². The summed E-state index contributed by atoms with van der Waals surface area (Å²) in [4.78, 5) is 8.56. The maximum atomic E-state index is 8.56. The molecular formula is C15H33KO3S. The van der Waals surface area contributed by atoms with E-state index in [0.29, 0.717) is 0 Å². The van der Waals surface area contributed by atoms with Crippen LogP contribution in [0.1, 0.15) is 85.4 Å². The van der Waals surface area contributed by atoms with Gasteiger partial charge in [0.15, 0.2) is 0 Å². The maximum absolute atomic E-state index is 8.56. The molecule has 3 nitrogen and oxygen atoms in total. The van der Waals surface area contributed by atoms with Gasteiger partial charge in [0.25, 0.3) is 0 Å². The number of thiol groups is 1. The predicted octanol–water partition coefficient (Wildman–Crippen LogP) is 2.96. The van der Waals surface area contributed by atoms with Crippen LogP contribution in [-0.2, 0) is 0 Å². The molecule has 0 amide bonds. The molecule has 0 aromatic rings. The molecule has 0 aliphatic heterocycles. The van der Waals surface area contributed by atoms with Gasteiger partial charge >= 0.3 is 57.5 Å². The third-order valence-electron chi connectivity index (χ3n) is 3.01. The van der Waals surface area contributed by atoms with E-state index in [1.54, 1.807) is 0 Å². The first-order valence-corrected chi connectivity index (χ1v) is 8.31. The van der Waals surface area contributed by atoms with E-state index < -0.39 is 6.16 Å². The zero-order valence-corrected chi connectivity index (χ0v) is 17.5. The van der Waals surface area contributed by atoms with Gasteiger partial charge in [-0.2, -0.15) is 12.6 Å². The molecule has 118 valence electrons. The zero-order valence-electron chi connectivity index (χ0n) is 14.4. The predicted molar refractivity (Wildman–Crippen MR) is 86.7 cm³/mol. The Labute approximate surface area is 174 Å². The summed E-state index contributed by atoms with van der Waals surface area (Å²) in [7, 11) is 0. The van der Waals surface area contributed by atoms with Crippen LogP contribution in [0.3, 0.4) is 0 Å². The molecule has 0 atom stereocenters. The summed E-state index contributed by atoms with van der Waals surface area (Å²) in [6, 6.07) is 0. The normalized spacial score (nSPS) is 9.30. The van der Waals surface area contributed by atoms with E-state index in [2.05, 4.69) is 19.6 Å². The van der Waals surface area contributed by atoms with Crippen molar-refractivity contribution in [1.82, 2.24) is 0 Å². The molecule has 0 aliphatic carbocycles. The topological polar surface area (TPSA) is 57.5 Å². The van der Waals surface area contributed by atoms with E-state index in [1.165, 1.54) is 77.0 Å². The van der Waals surface area contributed by atoms with Crippen molar-refractivity contribution in [2.45, 2.75) is 84.0 Å². The smallest absolute Gasteiger partial charge is 1.00 e. The van der Waals surface area contributed by atoms with Crippen LogP contribution in [0.5, 0.6) is 0 Å². The first-order valence-electron chi connectivity index (χ1n) is 7.67. The van der Waals surface area contributed by atoms with E-state index in [-0.39, 0.29) is 52.8 Å². The molecule has 0 unspecified atom stereocenters. The van der Waals surface area contributed by atoms with Gasteiger partial charge in [-0.05, 0) is 12.2 Å². The summed E-state index contributed by atoms with van der Waals surface area (Å²) in [5.41, 5.74) is 0. The summed E-state index contributed by atoms with van der Waals surface area (Å²) in [6.45, 7) is 2.28. The SMILES string of the molecule is CCCCCCCCCCCCCCS.O=C(O)O.[H-].[K+]. The number of unbranched alkanes of at least 4 members (excludes halogenated alkanes) is 11. The fraction of sp³-hybridized carbons (Fsp3) is 0.933. The minimum Gasteiger partial charge on any atom is -1.00 e. The molecule has 20 heavy (non-hydrogen) atoms. The van der Waals surface area contributed by atoms with Crippen LogP contribution in [0.2, 0.25) is 0 Å². The Hall–Kier alpha value is 1.26. The van der Waals surface area contributed by atoms with E-state index in [4.69, 9.17) is 15.0 Å². The number of carboxylic acid groups (broad SMARTS) is 2. The minimum absolute atomic E-state index is 0. The third kappa shape index (κ3) is 36.5. The molecule has 0 fully saturated rings. The van der Waals surface area contributed by atoms with Crippen LogP contribution in [0.15, 0.2) is 0 Å². The molecule has 2 N–H and O–H groups in total. The van der Waals surface area contributed by atoms with Crippen molar-refractivity contribution in [3.63, 3.8) is 0 Å². The Morgan fingerprint density at radius 2 is 1.05 bits per heavy atom. The average molecular weight is 333 g/mol. The molecule has 5 heteroatoms. The van der Waals surface area contributed by atoms with Gasteiger partial charge in [0, 0.05) is 0 Å². The molecule has 0 saturated heterocycles. The van der Waals surface area contributed by atoms with Crippen molar-refractivity contribution in [1.29, 1.82) is 0 Å². The second-order valence-electron chi connectivity index (χ2n) is 4.90. The van der Waals surface area contributed by atoms with Crippen LogP contribution in [-0.4, -0.2) is 22.1 Å². The van der Waals surface area contributed by atoms with Crippen molar-refractivity contribution in [2.75, 3.05) is 5.75 Å². The number of hydrogen-bond donors (Lipinski definition) is 3. The Bertz CT molecular complexity index is 170. The van der Waals surface area contributed by atoms with Gasteiger partial charge in [-0.15, -0.1) is 0 Å². The van der Waals surface area contributed by atoms with Crippen molar-refractivity contribution < 1.29 is 67.8 Å².